The fourth-order valence-corrected chi connectivity index (χ4v) is 2.36. The van der Waals surface area contributed by atoms with E-state index in [1.54, 1.807) is 0 Å². The van der Waals surface area contributed by atoms with Crippen LogP contribution in [-0.2, 0) is 6.42 Å². The molecule has 0 bridgehead atoms. The van der Waals surface area contributed by atoms with E-state index in [4.69, 9.17) is 5.73 Å². The summed E-state index contributed by atoms with van der Waals surface area (Å²) >= 11 is 3.55. The van der Waals surface area contributed by atoms with Gasteiger partial charge in [-0.2, -0.15) is 0 Å². The highest BCUT2D eigenvalue weighted by Crippen LogP contribution is 2.37. The van der Waals surface area contributed by atoms with Gasteiger partial charge in [-0.25, -0.2) is 0 Å². The molecule has 2 N–H and O–H groups in total. The van der Waals surface area contributed by atoms with Crippen LogP contribution in [0.1, 0.15) is 18.4 Å². The Morgan fingerprint density at radius 2 is 2.07 bits per heavy atom. The number of nitrogens with two attached hydrogens (primary N) is 1. The molecule has 0 unspecified atom stereocenters. The minimum absolute atomic E-state index is 0.0947. The maximum absolute atomic E-state index is 6.12. The van der Waals surface area contributed by atoms with Crippen molar-refractivity contribution in [2.75, 3.05) is 19.0 Å². The van der Waals surface area contributed by atoms with Crippen molar-refractivity contribution < 1.29 is 0 Å². The van der Waals surface area contributed by atoms with E-state index < -0.39 is 0 Å². The highest BCUT2D eigenvalue weighted by molar-refractivity contribution is 9.10. The van der Waals surface area contributed by atoms with Gasteiger partial charge in [-0.3, -0.25) is 0 Å². The quantitative estimate of drug-likeness (QED) is 0.913. The van der Waals surface area contributed by atoms with Crippen LogP contribution in [0.25, 0.3) is 0 Å². The second-order valence-corrected chi connectivity index (χ2v) is 5.57. The average Bonchev–Trinajstić information content (AvgIpc) is 2.87. The lowest BCUT2D eigenvalue weighted by molar-refractivity contribution is 0.672. The molecule has 1 aromatic carbocycles. The summed E-state index contributed by atoms with van der Waals surface area (Å²) < 4.78 is 1.14. The highest BCUT2D eigenvalue weighted by Gasteiger charge is 2.37. The van der Waals surface area contributed by atoms with Crippen molar-refractivity contribution >= 4 is 21.6 Å². The van der Waals surface area contributed by atoms with Gasteiger partial charge >= 0.3 is 0 Å². The molecule has 0 atom stereocenters. The van der Waals surface area contributed by atoms with Gasteiger partial charge in [0.2, 0.25) is 0 Å². The van der Waals surface area contributed by atoms with E-state index in [1.807, 2.05) is 0 Å². The molecule has 0 radical (unpaired) electrons. The van der Waals surface area contributed by atoms with Crippen molar-refractivity contribution in [1.29, 1.82) is 0 Å². The summed E-state index contributed by atoms with van der Waals surface area (Å²) in [7, 11) is 4.11. The first kappa shape index (κ1) is 11.0. The Hall–Kier alpha value is -0.540. The Balaban J connectivity index is 2.22. The van der Waals surface area contributed by atoms with Crippen LogP contribution in [0.3, 0.4) is 0 Å². The molecule has 15 heavy (non-hydrogen) atoms. The van der Waals surface area contributed by atoms with Crippen LogP contribution in [0.15, 0.2) is 22.7 Å². The van der Waals surface area contributed by atoms with E-state index in [2.05, 4.69) is 53.1 Å². The number of benzene rings is 1. The molecule has 0 aliphatic heterocycles. The summed E-state index contributed by atoms with van der Waals surface area (Å²) in [6.45, 7) is 0. The molecule has 1 fully saturated rings. The predicted octanol–water partition coefficient (Wildman–Crippen LogP) is 2.55. The van der Waals surface area contributed by atoms with Gasteiger partial charge in [0.05, 0.1) is 5.69 Å². The monoisotopic (exact) mass is 268 g/mol. The molecule has 2 rings (SSSR count). The molecule has 1 saturated carbocycles. The SMILES string of the molecule is CN(C)c1cc(CC2(N)CC2)ccc1Br. The lowest BCUT2D eigenvalue weighted by Gasteiger charge is -2.17. The number of hydrogen-bond donors (Lipinski definition) is 1. The van der Waals surface area contributed by atoms with Gasteiger partial charge in [0.1, 0.15) is 0 Å². The fraction of sp³-hybridized carbons (Fsp3) is 0.500. The molecule has 1 aliphatic rings. The van der Waals surface area contributed by atoms with Gasteiger partial charge in [-0.1, -0.05) is 6.07 Å². The zero-order valence-corrected chi connectivity index (χ0v) is 10.8. The zero-order valence-electron chi connectivity index (χ0n) is 9.26. The Morgan fingerprint density at radius 3 is 2.60 bits per heavy atom. The summed E-state index contributed by atoms with van der Waals surface area (Å²) in [6.07, 6.45) is 3.34. The van der Waals surface area contributed by atoms with E-state index in [9.17, 15) is 0 Å². The number of nitrogens with zero attached hydrogens (tertiary/aromatic N) is 1. The molecular formula is C12H17BrN2. The molecule has 0 spiro atoms. The van der Waals surface area contributed by atoms with Crippen LogP contribution in [0, 0.1) is 0 Å². The van der Waals surface area contributed by atoms with Crippen LogP contribution in [0.5, 0.6) is 0 Å². The van der Waals surface area contributed by atoms with Crippen molar-refractivity contribution in [3.8, 4) is 0 Å². The third-order valence-electron chi connectivity index (χ3n) is 2.94. The standard InChI is InChI=1S/C12H17BrN2/c1-15(2)11-7-9(3-4-10(11)13)8-12(14)5-6-12/h3-4,7H,5-6,8,14H2,1-2H3. The second kappa shape index (κ2) is 3.80. The maximum atomic E-state index is 6.12. The van der Waals surface area contributed by atoms with Gasteiger partial charge in [0.15, 0.2) is 0 Å². The molecule has 0 amide bonds. The summed E-state index contributed by atoms with van der Waals surface area (Å²) in [5, 5.41) is 0. The van der Waals surface area contributed by atoms with Gasteiger partial charge in [-0.05, 0) is 52.9 Å². The predicted molar refractivity (Wildman–Crippen MR) is 68.3 cm³/mol. The van der Waals surface area contributed by atoms with E-state index >= 15 is 0 Å². The summed E-state index contributed by atoms with van der Waals surface area (Å²) in [5.74, 6) is 0. The Labute approximate surface area is 99.6 Å². The van der Waals surface area contributed by atoms with Crippen LogP contribution < -0.4 is 10.6 Å². The highest BCUT2D eigenvalue weighted by atomic mass is 79.9. The molecule has 0 heterocycles. The molecule has 3 heteroatoms. The van der Waals surface area contributed by atoms with Gasteiger partial charge in [0.25, 0.3) is 0 Å². The van der Waals surface area contributed by atoms with Crippen LogP contribution >= 0.6 is 15.9 Å². The largest absolute Gasteiger partial charge is 0.377 e. The maximum Gasteiger partial charge on any atom is 0.0508 e. The molecule has 2 nitrogen and oxygen atoms in total. The van der Waals surface area contributed by atoms with Gasteiger partial charge in [0, 0.05) is 24.1 Å². The third-order valence-corrected chi connectivity index (χ3v) is 3.61. The Morgan fingerprint density at radius 1 is 1.40 bits per heavy atom. The van der Waals surface area contributed by atoms with E-state index in [0.717, 1.165) is 10.9 Å². The number of rotatable bonds is 3. The number of halogens is 1. The molecule has 0 aromatic heterocycles. The van der Waals surface area contributed by atoms with E-state index in [1.165, 1.54) is 24.1 Å². The van der Waals surface area contributed by atoms with Crippen LogP contribution in [-0.4, -0.2) is 19.6 Å². The third kappa shape index (κ3) is 2.52. The van der Waals surface area contributed by atoms with Crippen molar-refractivity contribution in [1.82, 2.24) is 0 Å². The second-order valence-electron chi connectivity index (χ2n) is 4.72. The fourth-order valence-electron chi connectivity index (χ4n) is 1.75. The first-order valence-electron chi connectivity index (χ1n) is 5.25. The number of hydrogen-bond acceptors (Lipinski definition) is 2. The minimum atomic E-state index is 0.0947. The van der Waals surface area contributed by atoms with Crippen molar-refractivity contribution in [2.24, 2.45) is 5.73 Å². The summed E-state index contributed by atoms with van der Waals surface area (Å²) in [4.78, 5) is 2.11. The average molecular weight is 269 g/mol. The van der Waals surface area contributed by atoms with Crippen LogP contribution in [0.4, 0.5) is 5.69 Å². The molecular weight excluding hydrogens is 252 g/mol. The number of anilines is 1. The zero-order chi connectivity index (χ0) is 11.1. The smallest absolute Gasteiger partial charge is 0.0508 e. The van der Waals surface area contributed by atoms with Crippen molar-refractivity contribution in [3.63, 3.8) is 0 Å². The molecule has 0 saturated heterocycles. The lowest BCUT2D eigenvalue weighted by atomic mass is 10.0. The Bertz CT molecular complexity index is 370. The van der Waals surface area contributed by atoms with E-state index in [-0.39, 0.29) is 5.54 Å². The molecule has 82 valence electrons. The first-order chi connectivity index (χ1) is 7.00. The first-order valence-corrected chi connectivity index (χ1v) is 6.04. The summed E-state index contributed by atoms with van der Waals surface area (Å²) in [6, 6.07) is 6.48. The van der Waals surface area contributed by atoms with Crippen molar-refractivity contribution in [3.05, 3.63) is 28.2 Å². The molecule has 1 aliphatic carbocycles. The summed E-state index contributed by atoms with van der Waals surface area (Å²) in [5.41, 5.74) is 8.77. The topological polar surface area (TPSA) is 29.3 Å². The van der Waals surface area contributed by atoms with Crippen molar-refractivity contribution in [2.45, 2.75) is 24.8 Å². The van der Waals surface area contributed by atoms with Gasteiger partial charge in [-0.15, -0.1) is 0 Å². The van der Waals surface area contributed by atoms with E-state index in [0.29, 0.717) is 0 Å². The normalized spacial score (nSPS) is 17.6. The minimum Gasteiger partial charge on any atom is -0.377 e. The molecule has 1 aromatic rings. The van der Waals surface area contributed by atoms with Gasteiger partial charge < -0.3 is 10.6 Å². The lowest BCUT2D eigenvalue weighted by Crippen LogP contribution is -2.24. The van der Waals surface area contributed by atoms with Crippen LogP contribution in [0.2, 0.25) is 0 Å². The Kier molecular flexibility index (Phi) is 2.77.